The average Bonchev–Trinajstić information content (AvgIpc) is 2.55. The highest BCUT2D eigenvalue weighted by Gasteiger charge is 2.14. The minimum absolute atomic E-state index is 0.363. The summed E-state index contributed by atoms with van der Waals surface area (Å²) in [7, 11) is 0. The average molecular weight is 296 g/mol. The van der Waals surface area contributed by atoms with Crippen LogP contribution in [0.5, 0.6) is 0 Å². The van der Waals surface area contributed by atoms with E-state index >= 15 is 0 Å². The van der Waals surface area contributed by atoms with E-state index in [4.69, 9.17) is 0 Å². The van der Waals surface area contributed by atoms with Crippen LogP contribution < -0.4 is 0 Å². The first-order chi connectivity index (χ1) is 7.99. The molecule has 0 saturated carbocycles. The summed E-state index contributed by atoms with van der Waals surface area (Å²) < 4.78 is 2.91. The molecule has 1 aromatic carbocycles. The summed E-state index contributed by atoms with van der Waals surface area (Å²) in [4.78, 5) is 11.2. The van der Waals surface area contributed by atoms with Crippen molar-refractivity contribution in [2.24, 2.45) is 5.92 Å². The van der Waals surface area contributed by atoms with E-state index in [-0.39, 0.29) is 0 Å². The van der Waals surface area contributed by atoms with Crippen molar-refractivity contribution in [2.45, 2.75) is 20.4 Å². The van der Waals surface area contributed by atoms with Crippen molar-refractivity contribution in [3.8, 4) is 0 Å². The van der Waals surface area contributed by atoms with Crippen molar-refractivity contribution < 1.29 is 9.90 Å². The predicted octanol–water partition coefficient (Wildman–Crippen LogP) is 3.76. The molecule has 0 amide bonds. The second kappa shape index (κ2) is 4.53. The van der Waals surface area contributed by atoms with Crippen molar-refractivity contribution in [3.63, 3.8) is 0 Å². The highest BCUT2D eigenvalue weighted by atomic mass is 79.9. The van der Waals surface area contributed by atoms with Crippen LogP contribution in [0.4, 0.5) is 0 Å². The molecule has 0 aliphatic carbocycles. The highest BCUT2D eigenvalue weighted by Crippen LogP contribution is 2.26. The number of rotatable bonds is 3. The van der Waals surface area contributed by atoms with Gasteiger partial charge < -0.3 is 9.67 Å². The van der Waals surface area contributed by atoms with Crippen molar-refractivity contribution in [1.82, 2.24) is 4.57 Å². The Balaban J connectivity index is 2.66. The van der Waals surface area contributed by atoms with E-state index in [2.05, 4.69) is 29.8 Å². The van der Waals surface area contributed by atoms with Crippen LogP contribution in [0.15, 0.2) is 28.9 Å². The molecule has 17 heavy (non-hydrogen) atoms. The molecule has 3 nitrogen and oxygen atoms in total. The molecule has 1 heterocycles. The first-order valence-electron chi connectivity index (χ1n) is 5.50. The van der Waals surface area contributed by atoms with E-state index in [1.165, 1.54) is 0 Å². The van der Waals surface area contributed by atoms with Gasteiger partial charge >= 0.3 is 5.97 Å². The van der Waals surface area contributed by atoms with Crippen molar-refractivity contribution >= 4 is 32.8 Å². The molecule has 0 atom stereocenters. The Bertz CT molecular complexity index is 572. The van der Waals surface area contributed by atoms with Crippen LogP contribution in [0.2, 0.25) is 0 Å². The number of benzene rings is 1. The Labute approximate surface area is 108 Å². The zero-order valence-corrected chi connectivity index (χ0v) is 11.4. The predicted molar refractivity (Wildman–Crippen MR) is 71.4 cm³/mol. The summed E-state index contributed by atoms with van der Waals surface area (Å²) in [5.74, 6) is -0.397. The van der Waals surface area contributed by atoms with Gasteiger partial charge in [-0.1, -0.05) is 29.8 Å². The molecular formula is C13H14BrNO2. The van der Waals surface area contributed by atoms with Crippen molar-refractivity contribution in [1.29, 1.82) is 0 Å². The van der Waals surface area contributed by atoms with Gasteiger partial charge in [0.05, 0.1) is 5.56 Å². The Kier molecular flexibility index (Phi) is 3.24. The number of nitrogens with zero attached hydrogens (tertiary/aromatic N) is 1. The lowest BCUT2D eigenvalue weighted by Crippen LogP contribution is -2.02. The number of hydrogen-bond acceptors (Lipinski definition) is 1. The van der Waals surface area contributed by atoms with E-state index in [1.54, 1.807) is 6.20 Å². The van der Waals surface area contributed by atoms with Gasteiger partial charge in [-0.05, 0) is 24.1 Å². The van der Waals surface area contributed by atoms with E-state index in [0.29, 0.717) is 11.5 Å². The van der Waals surface area contributed by atoms with Gasteiger partial charge in [0, 0.05) is 28.1 Å². The molecule has 0 radical (unpaired) electrons. The topological polar surface area (TPSA) is 42.2 Å². The van der Waals surface area contributed by atoms with Gasteiger partial charge in [0.1, 0.15) is 0 Å². The third-order valence-corrected chi connectivity index (χ3v) is 3.13. The molecule has 0 fully saturated rings. The summed E-state index contributed by atoms with van der Waals surface area (Å²) in [6.45, 7) is 5.06. The third kappa shape index (κ3) is 2.36. The molecule has 0 spiro atoms. The largest absolute Gasteiger partial charge is 0.478 e. The number of aromatic carboxylic acids is 1. The van der Waals surface area contributed by atoms with Crippen LogP contribution in [0, 0.1) is 5.92 Å². The van der Waals surface area contributed by atoms with Gasteiger partial charge in [0.2, 0.25) is 0 Å². The van der Waals surface area contributed by atoms with E-state index in [0.717, 1.165) is 21.9 Å². The second-order valence-corrected chi connectivity index (χ2v) is 5.47. The van der Waals surface area contributed by atoms with E-state index < -0.39 is 5.97 Å². The van der Waals surface area contributed by atoms with Crippen LogP contribution in [0.1, 0.15) is 24.2 Å². The molecule has 1 aromatic heterocycles. The molecule has 0 bridgehead atoms. The third-order valence-electron chi connectivity index (χ3n) is 2.64. The van der Waals surface area contributed by atoms with Gasteiger partial charge in [-0.2, -0.15) is 0 Å². The van der Waals surface area contributed by atoms with Gasteiger partial charge in [-0.3, -0.25) is 0 Å². The van der Waals surface area contributed by atoms with E-state index in [9.17, 15) is 9.90 Å². The number of carboxylic acids is 1. The van der Waals surface area contributed by atoms with Crippen LogP contribution >= 0.6 is 15.9 Å². The monoisotopic (exact) mass is 295 g/mol. The summed E-state index contributed by atoms with van der Waals surface area (Å²) in [6, 6.07) is 5.74. The number of carbonyl (C=O) groups is 1. The van der Waals surface area contributed by atoms with Crippen LogP contribution in [0.25, 0.3) is 10.9 Å². The van der Waals surface area contributed by atoms with E-state index in [1.807, 2.05) is 22.8 Å². The van der Waals surface area contributed by atoms with Gasteiger partial charge in [0.25, 0.3) is 0 Å². The smallest absolute Gasteiger partial charge is 0.337 e. The number of fused-ring (bicyclic) bond motifs is 1. The first-order valence-corrected chi connectivity index (χ1v) is 6.30. The Morgan fingerprint density at radius 2 is 2.18 bits per heavy atom. The van der Waals surface area contributed by atoms with Crippen LogP contribution in [-0.2, 0) is 6.54 Å². The van der Waals surface area contributed by atoms with Gasteiger partial charge in [0.15, 0.2) is 0 Å². The maximum Gasteiger partial charge on any atom is 0.337 e. The Morgan fingerprint density at radius 1 is 1.47 bits per heavy atom. The van der Waals surface area contributed by atoms with Crippen molar-refractivity contribution in [3.05, 3.63) is 34.4 Å². The summed E-state index contributed by atoms with van der Waals surface area (Å²) in [5.41, 5.74) is 1.33. The quantitative estimate of drug-likeness (QED) is 0.937. The number of carboxylic acid groups (broad SMARTS) is 1. The zero-order valence-electron chi connectivity index (χ0n) is 9.77. The molecule has 0 aliphatic heterocycles. The molecule has 0 saturated heterocycles. The van der Waals surface area contributed by atoms with Gasteiger partial charge in [-0.15, -0.1) is 0 Å². The summed E-state index contributed by atoms with van der Waals surface area (Å²) in [5, 5.41) is 9.98. The molecule has 2 rings (SSSR count). The fourth-order valence-electron chi connectivity index (χ4n) is 1.98. The lowest BCUT2D eigenvalue weighted by atomic mass is 10.2. The first kappa shape index (κ1) is 12.2. The van der Waals surface area contributed by atoms with Gasteiger partial charge in [-0.25, -0.2) is 4.79 Å². The van der Waals surface area contributed by atoms with Crippen LogP contribution in [-0.4, -0.2) is 15.6 Å². The minimum Gasteiger partial charge on any atom is -0.478 e. The second-order valence-electron chi connectivity index (χ2n) is 4.56. The highest BCUT2D eigenvalue weighted by molar-refractivity contribution is 9.10. The maximum absolute atomic E-state index is 11.2. The zero-order chi connectivity index (χ0) is 12.6. The standard InChI is InChI=1S/C13H14BrNO2/c1-8(2)6-15-7-11(13(16)17)10-5-9(14)3-4-12(10)15/h3-5,7-8H,6H2,1-2H3,(H,16,17). The number of aromatic nitrogens is 1. The minimum atomic E-state index is -0.879. The fraction of sp³-hybridized carbons (Fsp3) is 0.308. The normalized spacial score (nSPS) is 11.3. The summed E-state index contributed by atoms with van der Waals surface area (Å²) >= 11 is 3.37. The molecular weight excluding hydrogens is 282 g/mol. The maximum atomic E-state index is 11.2. The Morgan fingerprint density at radius 3 is 2.76 bits per heavy atom. The lowest BCUT2D eigenvalue weighted by Gasteiger charge is -2.07. The SMILES string of the molecule is CC(C)Cn1cc(C(=O)O)c2cc(Br)ccc21. The molecule has 2 aromatic rings. The lowest BCUT2D eigenvalue weighted by molar-refractivity contribution is 0.0698. The fourth-order valence-corrected chi connectivity index (χ4v) is 2.35. The van der Waals surface area contributed by atoms with Crippen LogP contribution in [0.3, 0.4) is 0 Å². The molecule has 1 N–H and O–H groups in total. The molecule has 0 unspecified atom stereocenters. The molecule has 90 valence electrons. The molecule has 4 heteroatoms. The summed E-state index contributed by atoms with van der Waals surface area (Å²) in [6.07, 6.45) is 1.72. The molecule has 0 aliphatic rings. The Hall–Kier alpha value is -1.29. The van der Waals surface area contributed by atoms with Crippen molar-refractivity contribution in [2.75, 3.05) is 0 Å². The number of hydrogen-bond donors (Lipinski definition) is 1. The number of halogens is 1.